The number of aromatic nitrogens is 3. The van der Waals surface area contributed by atoms with Gasteiger partial charge in [0.25, 0.3) is 5.56 Å². The molecule has 5 rings (SSSR count). The van der Waals surface area contributed by atoms with Crippen LogP contribution >= 0.6 is 7.60 Å². The first kappa shape index (κ1) is 25.7. The van der Waals surface area contributed by atoms with E-state index < -0.39 is 7.60 Å². The summed E-state index contributed by atoms with van der Waals surface area (Å²) in [6.07, 6.45) is 4.05. The lowest BCUT2D eigenvalue weighted by Gasteiger charge is -2.19. The molecule has 5 aromatic rings. The van der Waals surface area contributed by atoms with E-state index in [-0.39, 0.29) is 24.9 Å². The van der Waals surface area contributed by atoms with Gasteiger partial charge in [0.2, 0.25) is 0 Å². The summed E-state index contributed by atoms with van der Waals surface area (Å²) >= 11 is 0. The zero-order valence-corrected chi connectivity index (χ0v) is 22.0. The van der Waals surface area contributed by atoms with Crippen LogP contribution in [0.5, 0.6) is 0 Å². The van der Waals surface area contributed by atoms with Crippen LogP contribution in [-0.2, 0) is 40.3 Å². The number of benzene rings is 3. The highest BCUT2D eigenvalue weighted by Crippen LogP contribution is 2.50. The maximum atomic E-state index is 13.7. The molecule has 2 aromatic heterocycles. The normalized spacial score (nSPS) is 11.6. The van der Waals surface area contributed by atoms with Crippen LogP contribution in [0, 0.1) is 0 Å². The van der Waals surface area contributed by atoms with Gasteiger partial charge in [-0.15, -0.1) is 0 Å². The Bertz CT molecular complexity index is 1570. The van der Waals surface area contributed by atoms with E-state index in [9.17, 15) is 9.36 Å². The van der Waals surface area contributed by atoms with Gasteiger partial charge in [0, 0.05) is 24.2 Å². The monoisotopic (exact) mass is 525 g/mol. The zero-order valence-electron chi connectivity index (χ0n) is 21.1. The van der Waals surface area contributed by atoms with Gasteiger partial charge >= 0.3 is 7.60 Å². The van der Waals surface area contributed by atoms with Crippen molar-refractivity contribution in [3.63, 3.8) is 0 Å². The molecule has 2 heterocycles. The molecule has 3 aromatic carbocycles. The average molecular weight is 526 g/mol. The van der Waals surface area contributed by atoms with Crippen molar-refractivity contribution in [3.05, 3.63) is 130 Å². The summed E-state index contributed by atoms with van der Waals surface area (Å²) in [5, 5.41) is 5.37. The first-order valence-corrected chi connectivity index (χ1v) is 14.1. The summed E-state index contributed by atoms with van der Waals surface area (Å²) < 4.78 is 26.8. The topological polar surface area (TPSA) is 83.3 Å². The second-order valence-corrected chi connectivity index (χ2v) is 11.2. The molecule has 0 aliphatic carbocycles. The van der Waals surface area contributed by atoms with Gasteiger partial charge in [-0.3, -0.25) is 14.3 Å². The van der Waals surface area contributed by atoms with Crippen molar-refractivity contribution in [2.75, 3.05) is 6.16 Å². The Hall–Kier alpha value is -3.90. The number of nitrogens with zero attached hydrogens (tertiary/aromatic N) is 3. The van der Waals surface area contributed by atoms with E-state index in [1.165, 1.54) is 4.68 Å². The summed E-state index contributed by atoms with van der Waals surface area (Å²) in [4.78, 5) is 16.7. The molecule has 0 fully saturated rings. The van der Waals surface area contributed by atoms with E-state index in [1.807, 2.05) is 91.0 Å². The van der Waals surface area contributed by atoms with Gasteiger partial charge in [-0.1, -0.05) is 84.9 Å². The number of hydrogen-bond donors (Lipinski definition) is 0. The van der Waals surface area contributed by atoms with Crippen molar-refractivity contribution in [1.29, 1.82) is 0 Å². The first-order chi connectivity index (χ1) is 18.5. The summed E-state index contributed by atoms with van der Waals surface area (Å²) in [6, 6.07) is 29.1. The van der Waals surface area contributed by atoms with E-state index in [0.717, 1.165) is 33.3 Å². The molecule has 0 unspecified atom stereocenters. The summed E-state index contributed by atoms with van der Waals surface area (Å²) in [5.74, 6) is 0. The molecule has 0 aliphatic rings. The molecule has 0 bridgehead atoms. The van der Waals surface area contributed by atoms with Gasteiger partial charge in [0.1, 0.15) is 0 Å². The highest BCUT2D eigenvalue weighted by Gasteiger charge is 2.25. The van der Waals surface area contributed by atoms with Gasteiger partial charge in [-0.05, 0) is 29.2 Å². The van der Waals surface area contributed by atoms with Gasteiger partial charge in [0.05, 0.1) is 36.7 Å². The lowest BCUT2D eigenvalue weighted by Crippen LogP contribution is -2.19. The van der Waals surface area contributed by atoms with Crippen molar-refractivity contribution in [1.82, 2.24) is 14.8 Å². The summed E-state index contributed by atoms with van der Waals surface area (Å²) in [7, 11) is -1.76. The lowest BCUT2D eigenvalue weighted by molar-refractivity contribution is 0.191. The van der Waals surface area contributed by atoms with E-state index in [2.05, 4.69) is 10.1 Å². The van der Waals surface area contributed by atoms with Crippen molar-refractivity contribution >= 4 is 18.4 Å². The molecule has 0 saturated heterocycles. The third-order valence-corrected chi connectivity index (χ3v) is 8.11. The SMILES string of the molecule is Cn1ncc2cc(-c3ccc(CCP(=O)(OCc4ccccc4)OCc4ccccc4)cc3)ncc2c1=O. The van der Waals surface area contributed by atoms with E-state index >= 15 is 0 Å². The number of aryl methyl sites for hydroxylation is 2. The Morgan fingerprint density at radius 3 is 2.00 bits per heavy atom. The van der Waals surface area contributed by atoms with Gasteiger partial charge in [-0.2, -0.15) is 5.10 Å². The maximum absolute atomic E-state index is 13.7. The molecule has 192 valence electrons. The van der Waals surface area contributed by atoms with Crippen LogP contribution in [-0.4, -0.2) is 20.9 Å². The van der Waals surface area contributed by atoms with E-state index in [1.54, 1.807) is 19.4 Å². The summed E-state index contributed by atoms with van der Waals surface area (Å²) in [5.41, 5.74) is 4.39. The molecule has 0 saturated carbocycles. The van der Waals surface area contributed by atoms with Crippen molar-refractivity contribution in [2.45, 2.75) is 19.6 Å². The fourth-order valence-corrected chi connectivity index (χ4v) is 5.62. The van der Waals surface area contributed by atoms with Gasteiger partial charge < -0.3 is 9.05 Å². The van der Waals surface area contributed by atoms with Crippen LogP contribution in [0.1, 0.15) is 16.7 Å². The molecule has 0 aliphatic heterocycles. The molecule has 8 heteroatoms. The predicted molar refractivity (Wildman–Crippen MR) is 149 cm³/mol. The van der Waals surface area contributed by atoms with Crippen LogP contribution in [0.2, 0.25) is 0 Å². The van der Waals surface area contributed by atoms with Crippen molar-refractivity contribution < 1.29 is 13.6 Å². The highest BCUT2D eigenvalue weighted by molar-refractivity contribution is 7.53. The van der Waals surface area contributed by atoms with Gasteiger partial charge in [-0.25, -0.2) is 4.68 Å². The molecule has 0 radical (unpaired) electrons. The standard InChI is InChI=1S/C30H28N3O4P/c1-33-30(34)28-20-31-29(18-27(28)19-32-33)26-14-12-23(13-15-26)16-17-38(35,36-21-24-8-4-2-5-9-24)37-22-25-10-6-3-7-11-25/h2-15,18-20H,16-17,21-22H2,1H3. The number of hydrogen-bond acceptors (Lipinski definition) is 6. The fourth-order valence-electron chi connectivity index (χ4n) is 4.06. The first-order valence-electron chi connectivity index (χ1n) is 12.4. The highest BCUT2D eigenvalue weighted by atomic mass is 31.2. The number of pyridine rings is 1. The van der Waals surface area contributed by atoms with E-state index in [0.29, 0.717) is 11.8 Å². The zero-order chi connectivity index (χ0) is 26.4. The van der Waals surface area contributed by atoms with Gasteiger partial charge in [0.15, 0.2) is 0 Å². The molecule has 0 amide bonds. The largest absolute Gasteiger partial charge is 0.331 e. The Kier molecular flexibility index (Phi) is 7.89. The quantitative estimate of drug-likeness (QED) is 0.203. The Morgan fingerprint density at radius 1 is 0.789 bits per heavy atom. The van der Waals surface area contributed by atoms with Crippen molar-refractivity contribution in [2.24, 2.45) is 7.05 Å². The Morgan fingerprint density at radius 2 is 1.39 bits per heavy atom. The Labute approximate surface area is 221 Å². The summed E-state index contributed by atoms with van der Waals surface area (Å²) in [6.45, 7) is 0.439. The third-order valence-electron chi connectivity index (χ3n) is 6.30. The molecular weight excluding hydrogens is 497 g/mol. The van der Waals surface area contributed by atoms with Crippen LogP contribution in [0.4, 0.5) is 0 Å². The Balaban J connectivity index is 1.28. The molecule has 0 N–H and O–H groups in total. The number of fused-ring (bicyclic) bond motifs is 1. The number of rotatable bonds is 10. The smallest absolute Gasteiger partial charge is 0.304 e. The second kappa shape index (κ2) is 11.7. The molecule has 0 atom stereocenters. The minimum atomic E-state index is -3.37. The predicted octanol–water partition coefficient (Wildman–Crippen LogP) is 6.16. The van der Waals surface area contributed by atoms with Crippen LogP contribution in [0.3, 0.4) is 0 Å². The maximum Gasteiger partial charge on any atom is 0.331 e. The van der Waals surface area contributed by atoms with Crippen LogP contribution in [0.25, 0.3) is 22.0 Å². The minimum Gasteiger partial charge on any atom is -0.304 e. The van der Waals surface area contributed by atoms with Crippen molar-refractivity contribution in [3.8, 4) is 11.3 Å². The fraction of sp³-hybridized carbons (Fsp3) is 0.167. The van der Waals surface area contributed by atoms with Crippen LogP contribution < -0.4 is 5.56 Å². The molecule has 0 spiro atoms. The molecular formula is C30H28N3O4P. The second-order valence-electron chi connectivity index (χ2n) is 9.03. The molecule has 38 heavy (non-hydrogen) atoms. The van der Waals surface area contributed by atoms with E-state index in [4.69, 9.17) is 9.05 Å². The lowest BCUT2D eigenvalue weighted by atomic mass is 10.1. The average Bonchev–Trinajstić information content (AvgIpc) is 2.97. The molecule has 7 nitrogen and oxygen atoms in total. The van der Waals surface area contributed by atoms with Crippen LogP contribution in [0.15, 0.2) is 108 Å². The third kappa shape index (κ3) is 6.32. The minimum absolute atomic E-state index is 0.176.